The van der Waals surface area contributed by atoms with Crippen molar-refractivity contribution in [2.75, 3.05) is 0 Å². The number of benzene rings is 1. The molecule has 1 fully saturated rings. The normalized spacial score (nSPS) is 14.7. The highest BCUT2D eigenvalue weighted by Gasteiger charge is 2.28. The Labute approximate surface area is 125 Å². The van der Waals surface area contributed by atoms with Crippen LogP contribution in [0.5, 0.6) is 0 Å². The number of hydrogen-bond acceptors (Lipinski definition) is 4. The van der Waals surface area contributed by atoms with Crippen LogP contribution in [0.15, 0.2) is 18.2 Å². The zero-order valence-corrected chi connectivity index (χ0v) is 11.7. The van der Waals surface area contributed by atoms with Crippen molar-refractivity contribution < 1.29 is 14.7 Å². The van der Waals surface area contributed by atoms with Crippen LogP contribution >= 0.6 is 11.6 Å². The Morgan fingerprint density at radius 1 is 1.43 bits per heavy atom. The predicted molar refractivity (Wildman–Crippen MR) is 75.3 cm³/mol. The van der Waals surface area contributed by atoms with Crippen LogP contribution in [0.4, 0.5) is 0 Å². The molecule has 1 aliphatic rings. The van der Waals surface area contributed by atoms with E-state index in [1.54, 1.807) is 6.07 Å². The number of carbonyl (C=O) groups excluding carboxylic acids is 1. The smallest absolute Gasteiger partial charge is 0.337 e. The summed E-state index contributed by atoms with van der Waals surface area (Å²) in [5.74, 6) is -0.869. The summed E-state index contributed by atoms with van der Waals surface area (Å²) in [5.41, 5.74) is 1.60. The Balaban J connectivity index is 2.12. The molecule has 0 amide bonds. The van der Waals surface area contributed by atoms with Gasteiger partial charge < -0.3 is 5.11 Å². The zero-order chi connectivity index (χ0) is 15.0. The lowest BCUT2D eigenvalue weighted by atomic mass is 9.82. The van der Waals surface area contributed by atoms with Crippen molar-refractivity contribution in [2.45, 2.75) is 25.2 Å². The fourth-order valence-electron chi connectivity index (χ4n) is 2.45. The van der Waals surface area contributed by atoms with E-state index in [0.29, 0.717) is 17.7 Å². The third-order valence-corrected chi connectivity index (χ3v) is 4.09. The molecule has 0 spiro atoms. The number of carboxylic acid groups (broad SMARTS) is 1. The van der Waals surface area contributed by atoms with E-state index in [0.717, 1.165) is 25.0 Å². The quantitative estimate of drug-likeness (QED) is 0.878. The van der Waals surface area contributed by atoms with Gasteiger partial charge in [0, 0.05) is 5.92 Å². The maximum Gasteiger partial charge on any atom is 0.337 e. The van der Waals surface area contributed by atoms with E-state index < -0.39 is 5.97 Å². The molecule has 0 atom stereocenters. The molecule has 3 rings (SSSR count). The van der Waals surface area contributed by atoms with Gasteiger partial charge in [-0.1, -0.05) is 23.2 Å². The Hall–Kier alpha value is -2.21. The first-order valence-electron chi connectivity index (χ1n) is 6.56. The van der Waals surface area contributed by atoms with Crippen LogP contribution < -0.4 is 0 Å². The Morgan fingerprint density at radius 2 is 2.19 bits per heavy atom. The first kappa shape index (κ1) is 13.8. The average molecular weight is 306 g/mol. The summed E-state index contributed by atoms with van der Waals surface area (Å²) in [6.45, 7) is 0. The molecule has 1 aromatic heterocycles. The van der Waals surface area contributed by atoms with E-state index in [1.165, 1.54) is 16.8 Å². The van der Waals surface area contributed by atoms with Crippen molar-refractivity contribution in [1.82, 2.24) is 15.0 Å². The van der Waals surface area contributed by atoms with Gasteiger partial charge in [-0.3, -0.25) is 4.79 Å². The highest BCUT2D eigenvalue weighted by atomic mass is 35.5. The van der Waals surface area contributed by atoms with E-state index in [2.05, 4.69) is 10.3 Å². The number of aromatic nitrogens is 3. The molecule has 0 saturated heterocycles. The lowest BCUT2D eigenvalue weighted by Gasteiger charge is -2.26. The first-order chi connectivity index (χ1) is 10.1. The van der Waals surface area contributed by atoms with Crippen LogP contribution in [0.3, 0.4) is 0 Å². The monoisotopic (exact) mass is 305 g/mol. The topological polar surface area (TPSA) is 85.1 Å². The molecule has 0 radical (unpaired) electrons. The molecule has 0 unspecified atom stereocenters. The molecule has 21 heavy (non-hydrogen) atoms. The third-order valence-electron chi connectivity index (χ3n) is 3.76. The van der Waals surface area contributed by atoms with Gasteiger partial charge in [0.15, 0.2) is 6.29 Å². The van der Waals surface area contributed by atoms with Crippen LogP contribution in [-0.2, 0) is 0 Å². The Morgan fingerprint density at radius 3 is 2.76 bits per heavy atom. The fourth-order valence-corrected chi connectivity index (χ4v) is 2.65. The van der Waals surface area contributed by atoms with E-state index in [-0.39, 0.29) is 16.5 Å². The predicted octanol–water partition coefficient (Wildman–Crippen LogP) is 2.70. The minimum atomic E-state index is -1.11. The highest BCUT2D eigenvalue weighted by Crippen LogP contribution is 2.38. The molecule has 2 aromatic rings. The van der Waals surface area contributed by atoms with Crippen molar-refractivity contribution in [3.05, 3.63) is 40.2 Å². The molecule has 1 aliphatic carbocycles. The van der Waals surface area contributed by atoms with E-state index in [9.17, 15) is 9.59 Å². The average Bonchev–Trinajstić information content (AvgIpc) is 2.81. The Kier molecular flexibility index (Phi) is 3.47. The lowest BCUT2D eigenvalue weighted by Crippen LogP contribution is -2.16. The standard InChI is InChI=1S/C14H12ClN3O3/c15-11-5-4-9(6-10(11)14(20)21)18-13(8-2-1-3-8)12(7-19)16-17-18/h4-8H,1-3H2,(H,20,21). The van der Waals surface area contributed by atoms with Gasteiger partial charge in [-0.25, -0.2) is 9.48 Å². The number of halogens is 1. The summed E-state index contributed by atoms with van der Waals surface area (Å²) in [4.78, 5) is 22.3. The number of carboxylic acids is 1. The van der Waals surface area contributed by atoms with Crippen LogP contribution in [0, 0.1) is 0 Å². The number of nitrogens with zero attached hydrogens (tertiary/aromatic N) is 3. The van der Waals surface area contributed by atoms with Crippen molar-refractivity contribution in [2.24, 2.45) is 0 Å². The SMILES string of the molecule is O=Cc1nnn(-c2ccc(Cl)c(C(=O)O)c2)c1C1CCC1. The van der Waals surface area contributed by atoms with Crippen molar-refractivity contribution >= 4 is 23.9 Å². The largest absolute Gasteiger partial charge is 0.478 e. The number of aromatic carboxylic acids is 1. The number of rotatable bonds is 4. The third kappa shape index (κ3) is 2.31. The summed E-state index contributed by atoms with van der Waals surface area (Å²) in [7, 11) is 0. The minimum Gasteiger partial charge on any atom is -0.478 e. The summed E-state index contributed by atoms with van der Waals surface area (Å²) in [6.07, 6.45) is 3.75. The number of carbonyl (C=O) groups is 2. The van der Waals surface area contributed by atoms with E-state index in [1.807, 2.05) is 0 Å². The molecule has 1 saturated carbocycles. The van der Waals surface area contributed by atoms with Gasteiger partial charge in [0.1, 0.15) is 5.69 Å². The van der Waals surface area contributed by atoms with Crippen LogP contribution in [0.25, 0.3) is 5.69 Å². The van der Waals surface area contributed by atoms with Gasteiger partial charge in [0.05, 0.1) is 22.0 Å². The van der Waals surface area contributed by atoms with E-state index in [4.69, 9.17) is 16.7 Å². The fraction of sp³-hybridized carbons (Fsp3) is 0.286. The van der Waals surface area contributed by atoms with Gasteiger partial charge in [-0.05, 0) is 31.0 Å². The number of aldehydes is 1. The van der Waals surface area contributed by atoms with Crippen LogP contribution in [-0.4, -0.2) is 32.4 Å². The van der Waals surface area contributed by atoms with Crippen molar-refractivity contribution in [3.63, 3.8) is 0 Å². The van der Waals surface area contributed by atoms with Crippen LogP contribution in [0.1, 0.15) is 51.7 Å². The Bertz CT molecular complexity index is 722. The summed E-state index contributed by atoms with van der Waals surface area (Å²) >= 11 is 5.87. The van der Waals surface area contributed by atoms with Gasteiger partial charge in [0.2, 0.25) is 0 Å². The molecular formula is C14H12ClN3O3. The number of hydrogen-bond donors (Lipinski definition) is 1. The molecule has 7 heteroatoms. The van der Waals surface area contributed by atoms with E-state index >= 15 is 0 Å². The van der Waals surface area contributed by atoms with Crippen LogP contribution in [0.2, 0.25) is 5.02 Å². The second-order valence-corrected chi connectivity index (χ2v) is 5.39. The maximum absolute atomic E-state index is 11.2. The lowest BCUT2D eigenvalue weighted by molar-refractivity contribution is 0.0697. The zero-order valence-electron chi connectivity index (χ0n) is 11.0. The molecule has 1 N–H and O–H groups in total. The van der Waals surface area contributed by atoms with Crippen molar-refractivity contribution in [3.8, 4) is 5.69 Å². The summed E-state index contributed by atoms with van der Waals surface area (Å²) < 4.78 is 1.54. The van der Waals surface area contributed by atoms with Gasteiger partial charge >= 0.3 is 5.97 Å². The summed E-state index contributed by atoms with van der Waals surface area (Å²) in [5, 5.41) is 17.2. The molecule has 1 heterocycles. The van der Waals surface area contributed by atoms with Gasteiger partial charge in [-0.15, -0.1) is 5.10 Å². The molecule has 108 valence electrons. The van der Waals surface area contributed by atoms with Gasteiger partial charge in [0.25, 0.3) is 0 Å². The summed E-state index contributed by atoms with van der Waals surface area (Å²) in [6, 6.07) is 4.61. The maximum atomic E-state index is 11.2. The highest BCUT2D eigenvalue weighted by molar-refractivity contribution is 6.33. The first-order valence-corrected chi connectivity index (χ1v) is 6.93. The molecule has 1 aromatic carbocycles. The van der Waals surface area contributed by atoms with Gasteiger partial charge in [-0.2, -0.15) is 0 Å². The molecule has 6 nitrogen and oxygen atoms in total. The second kappa shape index (κ2) is 5.29. The minimum absolute atomic E-state index is 0.00289. The molecular weight excluding hydrogens is 294 g/mol. The molecule has 0 aliphatic heterocycles. The van der Waals surface area contributed by atoms with Crippen molar-refractivity contribution in [1.29, 1.82) is 0 Å². The molecule has 0 bridgehead atoms. The second-order valence-electron chi connectivity index (χ2n) is 4.99.